The molecule has 0 spiro atoms. The number of para-hydroxylation sites is 1. The van der Waals surface area contributed by atoms with E-state index in [1.165, 1.54) is 6.07 Å². The molecule has 2 rings (SSSR count). The number of aromatic nitrogens is 2. The van der Waals surface area contributed by atoms with Crippen LogP contribution >= 0.6 is 0 Å². The molecule has 0 unspecified atom stereocenters. The quantitative estimate of drug-likeness (QED) is 0.867. The van der Waals surface area contributed by atoms with Crippen molar-refractivity contribution in [1.82, 2.24) is 9.97 Å². The smallest absolute Gasteiger partial charge is 0.158 e. The Morgan fingerprint density at radius 1 is 1.21 bits per heavy atom. The number of anilines is 3. The molecule has 0 atom stereocenters. The summed E-state index contributed by atoms with van der Waals surface area (Å²) in [6.07, 6.45) is 0. The minimum Gasteiger partial charge on any atom is -0.377 e. The van der Waals surface area contributed by atoms with Crippen molar-refractivity contribution in [2.45, 2.75) is 6.61 Å². The van der Waals surface area contributed by atoms with Crippen molar-refractivity contribution in [3.8, 4) is 0 Å². The molecule has 0 amide bonds. The molecule has 0 bridgehead atoms. The summed E-state index contributed by atoms with van der Waals surface area (Å²) in [5.41, 5.74) is 0.367. The Morgan fingerprint density at radius 2 is 1.95 bits per heavy atom. The standard InChI is InChI=1S/C13H15FN4O/c1-15-11-7-12(18-13(17-11)8-19-2)16-10-6-4-3-5-9(10)14/h3-7H,8H2,1-2H3,(H2,15,16,17,18). The van der Waals surface area contributed by atoms with Gasteiger partial charge in [-0.25, -0.2) is 14.4 Å². The van der Waals surface area contributed by atoms with Crippen molar-refractivity contribution in [3.63, 3.8) is 0 Å². The number of methoxy groups -OCH3 is 1. The lowest BCUT2D eigenvalue weighted by molar-refractivity contribution is 0.178. The molecule has 0 aliphatic heterocycles. The molecule has 0 aliphatic rings. The maximum Gasteiger partial charge on any atom is 0.158 e. The highest BCUT2D eigenvalue weighted by Crippen LogP contribution is 2.20. The molecule has 0 fully saturated rings. The molecule has 1 aromatic carbocycles. The highest BCUT2D eigenvalue weighted by Gasteiger charge is 2.06. The van der Waals surface area contributed by atoms with Crippen molar-refractivity contribution in [2.75, 3.05) is 24.8 Å². The van der Waals surface area contributed by atoms with Gasteiger partial charge in [-0.3, -0.25) is 0 Å². The number of hydrogen-bond donors (Lipinski definition) is 2. The fourth-order valence-corrected chi connectivity index (χ4v) is 1.58. The predicted molar refractivity (Wildman–Crippen MR) is 72.0 cm³/mol. The van der Waals surface area contributed by atoms with Gasteiger partial charge >= 0.3 is 0 Å². The van der Waals surface area contributed by atoms with E-state index in [-0.39, 0.29) is 5.82 Å². The fraction of sp³-hybridized carbons (Fsp3) is 0.231. The summed E-state index contributed by atoms with van der Waals surface area (Å²) in [5, 5.41) is 5.85. The Bertz CT molecular complexity index is 562. The summed E-state index contributed by atoms with van der Waals surface area (Å²) in [4.78, 5) is 8.48. The Labute approximate surface area is 110 Å². The van der Waals surface area contributed by atoms with Gasteiger partial charge in [0.25, 0.3) is 0 Å². The minimum absolute atomic E-state index is 0.293. The zero-order chi connectivity index (χ0) is 13.7. The van der Waals surface area contributed by atoms with E-state index in [0.29, 0.717) is 29.8 Å². The summed E-state index contributed by atoms with van der Waals surface area (Å²) < 4.78 is 18.6. The first-order valence-electron chi connectivity index (χ1n) is 5.79. The van der Waals surface area contributed by atoms with Crippen LogP contribution in [-0.4, -0.2) is 24.1 Å². The zero-order valence-corrected chi connectivity index (χ0v) is 10.8. The van der Waals surface area contributed by atoms with Crippen LogP contribution in [0.15, 0.2) is 30.3 Å². The largest absolute Gasteiger partial charge is 0.377 e. The maximum absolute atomic E-state index is 13.6. The van der Waals surface area contributed by atoms with Gasteiger partial charge in [-0.15, -0.1) is 0 Å². The molecular weight excluding hydrogens is 247 g/mol. The molecule has 1 aromatic heterocycles. The predicted octanol–water partition coefficient (Wildman–Crippen LogP) is 2.55. The normalized spacial score (nSPS) is 10.3. The molecule has 5 nitrogen and oxygen atoms in total. The van der Waals surface area contributed by atoms with E-state index in [2.05, 4.69) is 20.6 Å². The van der Waals surface area contributed by atoms with Gasteiger partial charge in [0, 0.05) is 20.2 Å². The van der Waals surface area contributed by atoms with E-state index in [0.717, 1.165) is 0 Å². The summed E-state index contributed by atoms with van der Waals surface area (Å²) >= 11 is 0. The van der Waals surface area contributed by atoms with Gasteiger partial charge in [0.05, 0.1) is 5.69 Å². The second-order valence-corrected chi connectivity index (χ2v) is 3.84. The Kier molecular flexibility index (Phi) is 4.25. The van der Waals surface area contributed by atoms with E-state index in [4.69, 9.17) is 4.74 Å². The van der Waals surface area contributed by atoms with Crippen LogP contribution in [0, 0.1) is 5.82 Å². The van der Waals surface area contributed by atoms with E-state index in [9.17, 15) is 4.39 Å². The molecule has 0 radical (unpaired) electrons. The van der Waals surface area contributed by atoms with Gasteiger partial charge in [-0.2, -0.15) is 0 Å². The summed E-state index contributed by atoms with van der Waals surface area (Å²) in [6.45, 7) is 0.293. The molecule has 19 heavy (non-hydrogen) atoms. The van der Waals surface area contributed by atoms with Crippen LogP contribution < -0.4 is 10.6 Å². The number of benzene rings is 1. The molecular formula is C13H15FN4O. The van der Waals surface area contributed by atoms with Crippen LogP contribution in [-0.2, 0) is 11.3 Å². The Morgan fingerprint density at radius 3 is 2.63 bits per heavy atom. The molecule has 1 heterocycles. The third-order valence-corrected chi connectivity index (χ3v) is 2.44. The summed E-state index contributed by atoms with van der Waals surface area (Å²) in [7, 11) is 3.32. The lowest BCUT2D eigenvalue weighted by Crippen LogP contribution is -2.05. The van der Waals surface area contributed by atoms with E-state index < -0.39 is 0 Å². The maximum atomic E-state index is 13.6. The van der Waals surface area contributed by atoms with Crippen molar-refractivity contribution < 1.29 is 9.13 Å². The van der Waals surface area contributed by atoms with Gasteiger partial charge < -0.3 is 15.4 Å². The van der Waals surface area contributed by atoms with Gasteiger partial charge in [0.2, 0.25) is 0 Å². The first-order chi connectivity index (χ1) is 9.22. The number of ether oxygens (including phenoxy) is 1. The van der Waals surface area contributed by atoms with Crippen molar-refractivity contribution in [2.24, 2.45) is 0 Å². The first-order valence-corrected chi connectivity index (χ1v) is 5.79. The SMILES string of the molecule is CNc1cc(Nc2ccccc2F)nc(COC)n1. The molecule has 100 valence electrons. The minimum atomic E-state index is -0.333. The zero-order valence-electron chi connectivity index (χ0n) is 10.8. The monoisotopic (exact) mass is 262 g/mol. The van der Waals surface area contributed by atoms with Gasteiger partial charge in [0.1, 0.15) is 24.1 Å². The highest BCUT2D eigenvalue weighted by atomic mass is 19.1. The average molecular weight is 262 g/mol. The number of rotatable bonds is 5. The van der Waals surface area contributed by atoms with Gasteiger partial charge in [0.15, 0.2) is 5.82 Å². The van der Waals surface area contributed by atoms with Crippen LogP contribution in [0.1, 0.15) is 5.82 Å². The van der Waals surface area contributed by atoms with Crippen LogP contribution in [0.2, 0.25) is 0 Å². The lowest BCUT2D eigenvalue weighted by atomic mass is 10.3. The summed E-state index contributed by atoms with van der Waals surface area (Å²) in [5.74, 6) is 1.34. The fourth-order valence-electron chi connectivity index (χ4n) is 1.58. The molecule has 2 N–H and O–H groups in total. The highest BCUT2D eigenvalue weighted by molar-refractivity contribution is 5.59. The molecule has 6 heteroatoms. The number of hydrogen-bond acceptors (Lipinski definition) is 5. The van der Waals surface area contributed by atoms with Crippen LogP contribution in [0.5, 0.6) is 0 Å². The lowest BCUT2D eigenvalue weighted by Gasteiger charge is -2.10. The Balaban J connectivity index is 2.29. The van der Waals surface area contributed by atoms with Crippen molar-refractivity contribution >= 4 is 17.3 Å². The van der Waals surface area contributed by atoms with Crippen LogP contribution in [0.25, 0.3) is 0 Å². The second-order valence-electron chi connectivity index (χ2n) is 3.84. The Hall–Kier alpha value is -2.21. The van der Waals surface area contributed by atoms with Crippen LogP contribution in [0.4, 0.5) is 21.7 Å². The second kappa shape index (κ2) is 6.10. The van der Waals surface area contributed by atoms with E-state index in [1.54, 1.807) is 38.4 Å². The third-order valence-electron chi connectivity index (χ3n) is 2.44. The van der Waals surface area contributed by atoms with Crippen LogP contribution in [0.3, 0.4) is 0 Å². The van der Waals surface area contributed by atoms with Crippen molar-refractivity contribution in [1.29, 1.82) is 0 Å². The summed E-state index contributed by atoms with van der Waals surface area (Å²) in [6, 6.07) is 8.12. The average Bonchev–Trinajstić information content (AvgIpc) is 2.41. The number of halogens is 1. The first kappa shape index (κ1) is 13.2. The molecule has 0 aliphatic carbocycles. The number of nitrogens with one attached hydrogen (secondary N) is 2. The van der Waals surface area contributed by atoms with E-state index in [1.807, 2.05) is 0 Å². The topological polar surface area (TPSA) is 59.1 Å². The molecule has 2 aromatic rings. The van der Waals surface area contributed by atoms with Crippen molar-refractivity contribution in [3.05, 3.63) is 42.0 Å². The molecule has 0 saturated heterocycles. The molecule has 0 saturated carbocycles. The third kappa shape index (κ3) is 3.38. The van der Waals surface area contributed by atoms with Gasteiger partial charge in [-0.1, -0.05) is 12.1 Å². The van der Waals surface area contributed by atoms with Gasteiger partial charge in [-0.05, 0) is 12.1 Å². The number of nitrogens with zero attached hydrogens (tertiary/aromatic N) is 2. The van der Waals surface area contributed by atoms with E-state index >= 15 is 0 Å².